The van der Waals surface area contributed by atoms with Gasteiger partial charge in [-0.05, 0) is 32.6 Å². The Hall–Kier alpha value is -0.610. The lowest BCUT2D eigenvalue weighted by Gasteiger charge is -2.30. The molecular weight excluding hydrogens is 192 g/mol. The van der Waals surface area contributed by atoms with Crippen LogP contribution in [0, 0.1) is 5.92 Å². The van der Waals surface area contributed by atoms with Crippen molar-refractivity contribution in [2.24, 2.45) is 5.92 Å². The molecule has 2 fully saturated rings. The van der Waals surface area contributed by atoms with E-state index in [0.717, 1.165) is 6.54 Å². The lowest BCUT2D eigenvalue weighted by molar-refractivity contribution is -0.127. The molecular formula is C11H20N2O2. The van der Waals surface area contributed by atoms with Gasteiger partial charge in [-0.15, -0.1) is 0 Å². The van der Waals surface area contributed by atoms with Gasteiger partial charge in [-0.25, -0.2) is 0 Å². The molecule has 1 saturated heterocycles. The van der Waals surface area contributed by atoms with Crippen LogP contribution >= 0.6 is 0 Å². The van der Waals surface area contributed by atoms with E-state index in [1.54, 1.807) is 0 Å². The van der Waals surface area contributed by atoms with Gasteiger partial charge in [0.1, 0.15) is 6.04 Å². The number of carbonyl (C=O) groups is 1. The highest BCUT2D eigenvalue weighted by Crippen LogP contribution is 2.39. The molecule has 0 aromatic carbocycles. The molecule has 1 aliphatic carbocycles. The van der Waals surface area contributed by atoms with Crippen molar-refractivity contribution < 1.29 is 9.53 Å². The fourth-order valence-corrected chi connectivity index (χ4v) is 2.05. The van der Waals surface area contributed by atoms with Gasteiger partial charge in [0.05, 0.1) is 13.2 Å². The lowest BCUT2D eigenvalue weighted by atomic mass is 9.98. The molecule has 15 heavy (non-hydrogen) atoms. The van der Waals surface area contributed by atoms with E-state index in [2.05, 4.69) is 24.5 Å². The molecule has 4 heteroatoms. The standard InChI is InChI=1S/C11H20N2O2/c1-11(2,8-3-4-8)13-10(14)9-7-15-6-5-12-9/h8-9,12H,3-7H2,1-2H3,(H,13,14). The third kappa shape index (κ3) is 2.69. The van der Waals surface area contributed by atoms with E-state index in [1.165, 1.54) is 12.8 Å². The summed E-state index contributed by atoms with van der Waals surface area (Å²) < 4.78 is 5.27. The van der Waals surface area contributed by atoms with Crippen LogP contribution in [-0.2, 0) is 9.53 Å². The summed E-state index contributed by atoms with van der Waals surface area (Å²) in [6.45, 7) is 6.17. The first-order chi connectivity index (χ1) is 7.09. The summed E-state index contributed by atoms with van der Waals surface area (Å²) in [7, 11) is 0. The molecule has 1 unspecified atom stereocenters. The maximum atomic E-state index is 11.9. The predicted molar refractivity (Wildman–Crippen MR) is 57.6 cm³/mol. The summed E-state index contributed by atoms with van der Waals surface area (Å²) >= 11 is 0. The third-order valence-electron chi connectivity index (χ3n) is 3.28. The highest BCUT2D eigenvalue weighted by atomic mass is 16.5. The van der Waals surface area contributed by atoms with E-state index in [0.29, 0.717) is 19.1 Å². The number of amides is 1. The fraction of sp³-hybridized carbons (Fsp3) is 0.909. The van der Waals surface area contributed by atoms with Gasteiger partial charge < -0.3 is 15.4 Å². The average Bonchev–Trinajstić information content (AvgIpc) is 3.01. The van der Waals surface area contributed by atoms with E-state index in [4.69, 9.17) is 4.74 Å². The topological polar surface area (TPSA) is 50.4 Å². The molecule has 1 amide bonds. The van der Waals surface area contributed by atoms with Gasteiger partial charge in [0.25, 0.3) is 0 Å². The first-order valence-electron chi connectivity index (χ1n) is 5.73. The zero-order chi connectivity index (χ0) is 10.9. The number of ether oxygens (including phenoxy) is 1. The van der Waals surface area contributed by atoms with Crippen LogP contribution in [0.3, 0.4) is 0 Å². The number of hydrogen-bond donors (Lipinski definition) is 2. The van der Waals surface area contributed by atoms with Crippen molar-refractivity contribution in [1.82, 2.24) is 10.6 Å². The Balaban J connectivity index is 1.84. The molecule has 1 aliphatic heterocycles. The maximum Gasteiger partial charge on any atom is 0.239 e. The Morgan fingerprint density at radius 1 is 1.47 bits per heavy atom. The molecule has 0 radical (unpaired) electrons. The maximum absolute atomic E-state index is 11.9. The average molecular weight is 212 g/mol. The van der Waals surface area contributed by atoms with Crippen LogP contribution in [-0.4, -0.2) is 37.2 Å². The normalized spacial score (nSPS) is 27.5. The number of rotatable bonds is 3. The first kappa shape index (κ1) is 10.9. The molecule has 1 atom stereocenters. The van der Waals surface area contributed by atoms with Crippen LogP contribution in [0.4, 0.5) is 0 Å². The SMILES string of the molecule is CC(C)(NC(=O)C1COCCN1)C1CC1. The smallest absolute Gasteiger partial charge is 0.239 e. The number of carbonyl (C=O) groups excluding carboxylic acids is 1. The first-order valence-corrected chi connectivity index (χ1v) is 5.73. The number of nitrogens with one attached hydrogen (secondary N) is 2. The quantitative estimate of drug-likeness (QED) is 0.706. The minimum atomic E-state index is -0.170. The van der Waals surface area contributed by atoms with Crippen molar-refractivity contribution in [3.8, 4) is 0 Å². The van der Waals surface area contributed by atoms with Gasteiger partial charge in [0, 0.05) is 12.1 Å². The summed E-state index contributed by atoms with van der Waals surface area (Å²) in [6, 6.07) is -0.170. The van der Waals surface area contributed by atoms with E-state index in [-0.39, 0.29) is 17.5 Å². The number of morpholine rings is 1. The second-order valence-electron chi connectivity index (χ2n) is 5.07. The summed E-state index contributed by atoms with van der Waals surface area (Å²) in [6.07, 6.45) is 2.48. The molecule has 4 nitrogen and oxygen atoms in total. The zero-order valence-electron chi connectivity index (χ0n) is 9.51. The molecule has 0 bridgehead atoms. The van der Waals surface area contributed by atoms with Gasteiger partial charge in [-0.3, -0.25) is 4.79 Å². The Labute approximate surface area is 90.8 Å². The van der Waals surface area contributed by atoms with Crippen LogP contribution in [0.25, 0.3) is 0 Å². The molecule has 86 valence electrons. The van der Waals surface area contributed by atoms with E-state index < -0.39 is 0 Å². The van der Waals surface area contributed by atoms with Gasteiger partial charge in [-0.1, -0.05) is 0 Å². The van der Waals surface area contributed by atoms with Crippen LogP contribution < -0.4 is 10.6 Å². The van der Waals surface area contributed by atoms with Gasteiger partial charge >= 0.3 is 0 Å². The fourth-order valence-electron chi connectivity index (χ4n) is 2.05. The van der Waals surface area contributed by atoms with Crippen molar-refractivity contribution in [1.29, 1.82) is 0 Å². The summed E-state index contributed by atoms with van der Waals surface area (Å²) in [5.74, 6) is 0.734. The van der Waals surface area contributed by atoms with Crippen molar-refractivity contribution in [3.05, 3.63) is 0 Å². The second kappa shape index (κ2) is 4.10. The van der Waals surface area contributed by atoms with Crippen LogP contribution in [0.2, 0.25) is 0 Å². The Morgan fingerprint density at radius 3 is 2.73 bits per heavy atom. The minimum Gasteiger partial charge on any atom is -0.378 e. The summed E-state index contributed by atoms with van der Waals surface area (Å²) in [4.78, 5) is 11.9. The van der Waals surface area contributed by atoms with Crippen molar-refractivity contribution in [2.45, 2.75) is 38.3 Å². The van der Waals surface area contributed by atoms with Crippen molar-refractivity contribution >= 4 is 5.91 Å². The van der Waals surface area contributed by atoms with Crippen molar-refractivity contribution in [2.75, 3.05) is 19.8 Å². The molecule has 0 aromatic heterocycles. The van der Waals surface area contributed by atoms with Gasteiger partial charge in [0.15, 0.2) is 0 Å². The molecule has 0 spiro atoms. The molecule has 1 saturated carbocycles. The minimum absolute atomic E-state index is 0.0593. The van der Waals surface area contributed by atoms with Crippen LogP contribution in [0.5, 0.6) is 0 Å². The van der Waals surface area contributed by atoms with Crippen LogP contribution in [0.15, 0.2) is 0 Å². The molecule has 1 heterocycles. The lowest BCUT2D eigenvalue weighted by Crippen LogP contribution is -2.56. The Kier molecular flexibility index (Phi) is 2.98. The molecule has 0 aromatic rings. The highest BCUT2D eigenvalue weighted by Gasteiger charge is 2.39. The van der Waals surface area contributed by atoms with Gasteiger partial charge in [-0.2, -0.15) is 0 Å². The number of hydrogen-bond acceptors (Lipinski definition) is 3. The third-order valence-corrected chi connectivity index (χ3v) is 3.28. The van der Waals surface area contributed by atoms with Crippen LogP contribution in [0.1, 0.15) is 26.7 Å². The van der Waals surface area contributed by atoms with E-state index in [1.807, 2.05) is 0 Å². The van der Waals surface area contributed by atoms with E-state index in [9.17, 15) is 4.79 Å². The van der Waals surface area contributed by atoms with E-state index >= 15 is 0 Å². The monoisotopic (exact) mass is 212 g/mol. The predicted octanol–water partition coefficient (Wildman–Crippen LogP) is 0.280. The Bertz CT molecular complexity index is 243. The largest absolute Gasteiger partial charge is 0.378 e. The Morgan fingerprint density at radius 2 is 2.20 bits per heavy atom. The highest BCUT2D eigenvalue weighted by molar-refractivity contribution is 5.82. The zero-order valence-corrected chi connectivity index (χ0v) is 9.51. The van der Waals surface area contributed by atoms with Gasteiger partial charge in [0.2, 0.25) is 5.91 Å². The molecule has 2 rings (SSSR count). The molecule has 2 N–H and O–H groups in total. The summed E-state index contributed by atoms with van der Waals surface area (Å²) in [5.41, 5.74) is -0.0593. The second-order valence-corrected chi connectivity index (χ2v) is 5.07. The molecule has 2 aliphatic rings. The summed E-state index contributed by atoms with van der Waals surface area (Å²) in [5, 5.41) is 6.27. The van der Waals surface area contributed by atoms with Crippen molar-refractivity contribution in [3.63, 3.8) is 0 Å².